The molecule has 1 amide bonds. The fourth-order valence-electron chi connectivity index (χ4n) is 3.50. The van der Waals surface area contributed by atoms with Crippen LogP contribution in [-0.2, 0) is 4.79 Å². The molecule has 150 valence electrons. The highest BCUT2D eigenvalue weighted by molar-refractivity contribution is 5.93. The second-order valence-corrected chi connectivity index (χ2v) is 7.15. The monoisotopic (exact) mass is 392 g/mol. The Labute approximate surface area is 169 Å². The Bertz CT molecular complexity index is 1030. The van der Waals surface area contributed by atoms with Crippen LogP contribution in [-0.4, -0.2) is 34.2 Å². The molecule has 0 fully saturated rings. The van der Waals surface area contributed by atoms with Crippen LogP contribution < -0.4 is 10.1 Å². The van der Waals surface area contributed by atoms with Gasteiger partial charge in [-0.2, -0.15) is 9.97 Å². The summed E-state index contributed by atoms with van der Waals surface area (Å²) < 4.78 is 11.1. The molecule has 3 aromatic rings. The van der Waals surface area contributed by atoms with Crippen LogP contribution in [0.15, 0.2) is 46.5 Å². The Morgan fingerprint density at radius 1 is 1.21 bits per heavy atom. The van der Waals surface area contributed by atoms with E-state index in [-0.39, 0.29) is 12.5 Å². The van der Waals surface area contributed by atoms with E-state index in [1.54, 1.807) is 6.92 Å². The predicted octanol–water partition coefficient (Wildman–Crippen LogP) is 3.98. The van der Waals surface area contributed by atoms with Crippen LogP contribution in [0.2, 0.25) is 0 Å². The van der Waals surface area contributed by atoms with Crippen molar-refractivity contribution in [1.29, 1.82) is 0 Å². The highest BCUT2D eigenvalue weighted by Crippen LogP contribution is 2.32. The van der Waals surface area contributed by atoms with E-state index in [9.17, 15) is 4.79 Å². The van der Waals surface area contributed by atoms with Gasteiger partial charge in [-0.25, -0.2) is 0 Å². The molecular weight excluding hydrogens is 368 g/mol. The molecule has 0 unspecified atom stereocenters. The minimum absolute atomic E-state index is 0.121. The van der Waals surface area contributed by atoms with Crippen LogP contribution >= 0.6 is 0 Å². The van der Waals surface area contributed by atoms with Crippen LogP contribution in [0.1, 0.15) is 37.9 Å². The van der Waals surface area contributed by atoms with Crippen LogP contribution in [0.3, 0.4) is 0 Å². The molecule has 4 rings (SSSR count). The molecule has 1 aromatic carbocycles. The quantitative estimate of drug-likeness (QED) is 0.612. The number of benzene rings is 1. The van der Waals surface area contributed by atoms with Gasteiger partial charge in [0.05, 0.1) is 0 Å². The maximum Gasteiger partial charge on any atom is 0.265 e. The number of hydrogen-bond donors (Lipinski definition) is 1. The summed E-state index contributed by atoms with van der Waals surface area (Å²) in [6.07, 6.45) is 7.99. The lowest BCUT2D eigenvalue weighted by Gasteiger charge is -2.13. The number of rotatable bonds is 7. The summed E-state index contributed by atoms with van der Waals surface area (Å²) in [6.45, 7) is 2.24. The van der Waals surface area contributed by atoms with Gasteiger partial charge in [0.1, 0.15) is 16.9 Å². The number of aryl methyl sites for hydroxylation is 1. The average Bonchev–Trinajstić information content (AvgIpc) is 3.17. The van der Waals surface area contributed by atoms with E-state index in [1.165, 1.54) is 18.4 Å². The van der Waals surface area contributed by atoms with E-state index in [1.807, 2.05) is 30.3 Å². The Kier molecular flexibility index (Phi) is 5.84. The molecule has 1 N–H and O–H groups in total. The zero-order valence-electron chi connectivity index (χ0n) is 16.5. The summed E-state index contributed by atoms with van der Waals surface area (Å²) in [5.74, 6) is 0.620. The van der Waals surface area contributed by atoms with Gasteiger partial charge in [-0.05, 0) is 39.0 Å². The van der Waals surface area contributed by atoms with E-state index in [4.69, 9.17) is 9.26 Å². The topological polar surface area (TPSA) is 90.1 Å². The van der Waals surface area contributed by atoms with Crippen LogP contribution in [0.5, 0.6) is 5.88 Å². The van der Waals surface area contributed by atoms with Gasteiger partial charge in [-0.15, -0.1) is 0 Å². The van der Waals surface area contributed by atoms with Crippen LogP contribution in [0.4, 0.5) is 0 Å². The molecule has 2 aromatic heterocycles. The van der Waals surface area contributed by atoms with E-state index in [0.29, 0.717) is 35.0 Å². The average molecular weight is 392 g/mol. The van der Waals surface area contributed by atoms with E-state index < -0.39 is 0 Å². The number of aromatic nitrogens is 3. The van der Waals surface area contributed by atoms with Crippen molar-refractivity contribution in [3.63, 3.8) is 0 Å². The van der Waals surface area contributed by atoms with Crippen molar-refractivity contribution in [2.75, 3.05) is 13.2 Å². The van der Waals surface area contributed by atoms with Crippen molar-refractivity contribution < 1.29 is 14.1 Å². The third-order valence-corrected chi connectivity index (χ3v) is 4.96. The van der Waals surface area contributed by atoms with Crippen molar-refractivity contribution in [3.05, 3.63) is 47.8 Å². The van der Waals surface area contributed by atoms with Crippen molar-refractivity contribution in [3.8, 4) is 17.1 Å². The standard InChI is InChI=1S/C22H24N4O3/c1-15-24-21(28-14-18(27)23-13-12-16-8-4-2-5-9-16)19-20(26-29-22(19)25-15)17-10-6-3-7-11-17/h3,6-8,10-11H,2,4-5,9,12-14H2,1H3,(H,23,27). The maximum atomic E-state index is 12.2. The number of carbonyl (C=O) groups excluding carboxylic acids is 1. The molecule has 0 radical (unpaired) electrons. The first-order valence-corrected chi connectivity index (χ1v) is 9.97. The smallest absolute Gasteiger partial charge is 0.265 e. The largest absolute Gasteiger partial charge is 0.467 e. The number of nitrogens with zero attached hydrogens (tertiary/aromatic N) is 3. The van der Waals surface area contributed by atoms with E-state index in [0.717, 1.165) is 24.8 Å². The third kappa shape index (κ3) is 4.62. The summed E-state index contributed by atoms with van der Waals surface area (Å²) in [4.78, 5) is 20.9. The molecule has 7 heteroatoms. The van der Waals surface area contributed by atoms with Gasteiger partial charge in [-0.3, -0.25) is 4.79 Å². The van der Waals surface area contributed by atoms with Crippen LogP contribution in [0, 0.1) is 6.92 Å². The zero-order valence-corrected chi connectivity index (χ0v) is 16.5. The second kappa shape index (κ2) is 8.86. The van der Waals surface area contributed by atoms with Crippen molar-refractivity contribution >= 4 is 17.0 Å². The minimum Gasteiger partial charge on any atom is -0.467 e. The number of amides is 1. The van der Waals surface area contributed by atoms with E-state index >= 15 is 0 Å². The van der Waals surface area contributed by atoms with Gasteiger partial charge < -0.3 is 14.6 Å². The molecule has 0 spiro atoms. The van der Waals surface area contributed by atoms with Gasteiger partial charge in [0.25, 0.3) is 11.6 Å². The second-order valence-electron chi connectivity index (χ2n) is 7.15. The van der Waals surface area contributed by atoms with Crippen molar-refractivity contribution in [1.82, 2.24) is 20.4 Å². The Hall–Kier alpha value is -3.22. The lowest BCUT2D eigenvalue weighted by atomic mass is 9.97. The molecular formula is C22H24N4O3. The fraction of sp³-hybridized carbons (Fsp3) is 0.364. The Morgan fingerprint density at radius 3 is 2.86 bits per heavy atom. The number of fused-ring (bicyclic) bond motifs is 1. The van der Waals surface area contributed by atoms with Gasteiger partial charge in [0.15, 0.2) is 6.61 Å². The summed E-state index contributed by atoms with van der Waals surface area (Å²) in [5, 5.41) is 7.62. The summed E-state index contributed by atoms with van der Waals surface area (Å²) in [7, 11) is 0. The zero-order chi connectivity index (χ0) is 20.1. The SMILES string of the molecule is Cc1nc(OCC(=O)NCCC2=CCCCC2)c2c(-c3ccccc3)noc2n1. The molecule has 0 atom stereocenters. The first-order chi connectivity index (χ1) is 14.2. The molecule has 29 heavy (non-hydrogen) atoms. The fourth-order valence-corrected chi connectivity index (χ4v) is 3.50. The van der Waals surface area contributed by atoms with Gasteiger partial charge in [0, 0.05) is 12.1 Å². The van der Waals surface area contributed by atoms with Gasteiger partial charge in [-0.1, -0.05) is 47.1 Å². The molecule has 0 aliphatic heterocycles. The number of hydrogen-bond acceptors (Lipinski definition) is 6. The van der Waals surface area contributed by atoms with E-state index in [2.05, 4.69) is 26.5 Å². The Balaban J connectivity index is 1.44. The summed E-state index contributed by atoms with van der Waals surface area (Å²) in [5.41, 5.74) is 3.24. The lowest BCUT2D eigenvalue weighted by Crippen LogP contribution is -2.30. The molecule has 0 saturated carbocycles. The molecule has 0 bridgehead atoms. The Morgan fingerprint density at radius 2 is 2.07 bits per heavy atom. The van der Waals surface area contributed by atoms with Crippen LogP contribution in [0.25, 0.3) is 22.4 Å². The normalized spacial score (nSPS) is 13.9. The number of ether oxygens (including phenoxy) is 1. The molecule has 2 heterocycles. The molecule has 0 saturated heterocycles. The lowest BCUT2D eigenvalue weighted by molar-refractivity contribution is -0.123. The highest BCUT2D eigenvalue weighted by atomic mass is 16.5. The number of carbonyl (C=O) groups is 1. The van der Waals surface area contributed by atoms with Crippen molar-refractivity contribution in [2.24, 2.45) is 0 Å². The molecule has 7 nitrogen and oxygen atoms in total. The molecule has 1 aliphatic carbocycles. The first kappa shape index (κ1) is 19.1. The summed E-state index contributed by atoms with van der Waals surface area (Å²) >= 11 is 0. The van der Waals surface area contributed by atoms with Crippen molar-refractivity contribution in [2.45, 2.75) is 39.0 Å². The van der Waals surface area contributed by atoms with Gasteiger partial charge >= 0.3 is 0 Å². The predicted molar refractivity (Wildman–Crippen MR) is 109 cm³/mol. The van der Waals surface area contributed by atoms with Gasteiger partial charge in [0.2, 0.25) is 5.88 Å². The minimum atomic E-state index is -0.177. The first-order valence-electron chi connectivity index (χ1n) is 9.97. The summed E-state index contributed by atoms with van der Waals surface area (Å²) in [6, 6.07) is 9.61. The molecule has 1 aliphatic rings. The highest BCUT2D eigenvalue weighted by Gasteiger charge is 2.19. The number of nitrogens with one attached hydrogen (secondary N) is 1. The number of allylic oxidation sites excluding steroid dienone is 1. The maximum absolute atomic E-state index is 12.2. The third-order valence-electron chi connectivity index (χ3n) is 4.96.